The largest absolute Gasteiger partial charge is 0.388 e. The number of rotatable bonds is 2. The zero-order valence-electron chi connectivity index (χ0n) is 10.6. The number of aromatic nitrogens is 2. The van der Waals surface area contributed by atoms with E-state index in [9.17, 15) is 9.90 Å². The molecule has 1 unspecified atom stereocenters. The van der Waals surface area contributed by atoms with Crippen LogP contribution in [0.4, 0.5) is 5.82 Å². The number of β-amino-alcohol motifs (C(OH)–C–C–N with tert-alkyl or cyclic N) is 1. The van der Waals surface area contributed by atoms with Gasteiger partial charge in [-0.2, -0.15) is 0 Å². The summed E-state index contributed by atoms with van der Waals surface area (Å²) in [5.74, 6) is 1.95. The van der Waals surface area contributed by atoms with Crippen LogP contribution in [0.3, 0.4) is 0 Å². The van der Waals surface area contributed by atoms with Crippen molar-refractivity contribution >= 4 is 5.82 Å². The van der Waals surface area contributed by atoms with Crippen LogP contribution in [0.1, 0.15) is 44.3 Å². The van der Waals surface area contributed by atoms with E-state index in [4.69, 9.17) is 0 Å². The minimum absolute atomic E-state index is 0.0906. The van der Waals surface area contributed by atoms with E-state index in [0.29, 0.717) is 18.3 Å². The fourth-order valence-electron chi connectivity index (χ4n) is 2.59. The van der Waals surface area contributed by atoms with Crippen LogP contribution in [0.25, 0.3) is 0 Å². The van der Waals surface area contributed by atoms with Crippen molar-refractivity contribution in [2.24, 2.45) is 0 Å². The zero-order valence-corrected chi connectivity index (χ0v) is 10.6. The molecule has 1 aromatic rings. The Balaban J connectivity index is 1.89. The van der Waals surface area contributed by atoms with Crippen molar-refractivity contribution in [2.75, 3.05) is 18.0 Å². The lowest BCUT2D eigenvalue weighted by Crippen LogP contribution is -2.46. The number of nitrogens with zero attached hydrogens (tertiary/aromatic N) is 2. The number of anilines is 1. The quantitative estimate of drug-likeness (QED) is 0.820. The molecule has 1 aromatic heterocycles. The van der Waals surface area contributed by atoms with Crippen molar-refractivity contribution in [1.29, 1.82) is 0 Å². The van der Waals surface area contributed by atoms with E-state index in [1.165, 1.54) is 6.07 Å². The van der Waals surface area contributed by atoms with E-state index in [2.05, 4.69) is 9.97 Å². The van der Waals surface area contributed by atoms with Gasteiger partial charge >= 0.3 is 0 Å². The zero-order chi connectivity index (χ0) is 12.8. The highest BCUT2D eigenvalue weighted by Gasteiger charge is 2.31. The summed E-state index contributed by atoms with van der Waals surface area (Å²) < 4.78 is 0. The van der Waals surface area contributed by atoms with Gasteiger partial charge in [0.2, 0.25) is 0 Å². The predicted molar refractivity (Wildman–Crippen MR) is 68.9 cm³/mol. The summed E-state index contributed by atoms with van der Waals surface area (Å²) in [4.78, 5) is 21.0. The standard InChI is InChI=1S/C13H19N3O2/c1-13(18)5-2-6-16(8-13)10-7-11(17)15-12(14-10)9-3-4-9/h7,9,18H,2-6,8H2,1H3,(H,14,15,17). The molecule has 2 aliphatic rings. The highest BCUT2D eigenvalue weighted by atomic mass is 16.3. The maximum atomic E-state index is 11.7. The molecule has 1 saturated heterocycles. The van der Waals surface area contributed by atoms with Crippen molar-refractivity contribution in [3.05, 3.63) is 22.2 Å². The fourth-order valence-corrected chi connectivity index (χ4v) is 2.59. The summed E-state index contributed by atoms with van der Waals surface area (Å²) in [5, 5.41) is 10.1. The first-order valence-electron chi connectivity index (χ1n) is 6.62. The van der Waals surface area contributed by atoms with E-state index in [0.717, 1.165) is 38.1 Å². The molecule has 2 heterocycles. The lowest BCUT2D eigenvalue weighted by Gasteiger charge is -2.37. The Morgan fingerprint density at radius 2 is 2.33 bits per heavy atom. The fraction of sp³-hybridized carbons (Fsp3) is 0.692. The topological polar surface area (TPSA) is 69.2 Å². The average Bonchev–Trinajstić information content (AvgIpc) is 3.10. The van der Waals surface area contributed by atoms with Gasteiger partial charge in [-0.15, -0.1) is 0 Å². The molecule has 2 N–H and O–H groups in total. The highest BCUT2D eigenvalue weighted by molar-refractivity contribution is 5.39. The maximum Gasteiger partial charge on any atom is 0.252 e. The number of piperidine rings is 1. The van der Waals surface area contributed by atoms with Gasteiger partial charge in [-0.1, -0.05) is 0 Å². The van der Waals surface area contributed by atoms with Crippen molar-refractivity contribution in [3.8, 4) is 0 Å². The SMILES string of the molecule is CC1(O)CCCN(c2cc(=O)[nH]c(C3CC3)n2)C1. The van der Waals surface area contributed by atoms with Gasteiger partial charge in [0.05, 0.1) is 5.60 Å². The lowest BCUT2D eigenvalue weighted by atomic mass is 9.95. The minimum Gasteiger partial charge on any atom is -0.388 e. The van der Waals surface area contributed by atoms with Crippen molar-refractivity contribution in [3.63, 3.8) is 0 Å². The molecule has 1 atom stereocenters. The van der Waals surface area contributed by atoms with Gasteiger partial charge in [-0.05, 0) is 32.6 Å². The Hall–Kier alpha value is -1.36. The smallest absolute Gasteiger partial charge is 0.252 e. The second-order valence-electron chi connectivity index (χ2n) is 5.79. The minimum atomic E-state index is -0.678. The van der Waals surface area contributed by atoms with Gasteiger partial charge in [0.1, 0.15) is 11.6 Å². The number of hydrogen-bond acceptors (Lipinski definition) is 4. The molecule has 5 heteroatoms. The van der Waals surface area contributed by atoms with Crippen LogP contribution >= 0.6 is 0 Å². The van der Waals surface area contributed by atoms with Crippen LogP contribution in [0.5, 0.6) is 0 Å². The van der Waals surface area contributed by atoms with Crippen molar-refractivity contribution < 1.29 is 5.11 Å². The number of H-pyrrole nitrogens is 1. The Morgan fingerprint density at radius 3 is 3.00 bits per heavy atom. The predicted octanol–water partition coefficient (Wildman–Crippen LogP) is 0.998. The van der Waals surface area contributed by atoms with Crippen LogP contribution in [0, 0.1) is 0 Å². The Morgan fingerprint density at radius 1 is 1.56 bits per heavy atom. The third kappa shape index (κ3) is 2.41. The van der Waals surface area contributed by atoms with Crippen LogP contribution in [0.15, 0.2) is 10.9 Å². The van der Waals surface area contributed by atoms with Crippen LogP contribution < -0.4 is 10.5 Å². The van der Waals surface area contributed by atoms with Crippen molar-refractivity contribution in [2.45, 2.75) is 44.1 Å². The van der Waals surface area contributed by atoms with E-state index in [-0.39, 0.29) is 5.56 Å². The Kier molecular flexibility index (Phi) is 2.66. The summed E-state index contributed by atoms with van der Waals surface area (Å²) in [6, 6.07) is 1.54. The van der Waals surface area contributed by atoms with Gasteiger partial charge in [-0.3, -0.25) is 4.79 Å². The Bertz CT molecular complexity index is 505. The highest BCUT2D eigenvalue weighted by Crippen LogP contribution is 2.38. The summed E-state index contributed by atoms with van der Waals surface area (Å²) in [6.45, 7) is 3.25. The molecule has 1 aliphatic heterocycles. The second kappa shape index (κ2) is 4.09. The molecule has 0 bridgehead atoms. The lowest BCUT2D eigenvalue weighted by molar-refractivity contribution is 0.0447. The number of aromatic amines is 1. The third-order valence-electron chi connectivity index (χ3n) is 3.71. The second-order valence-corrected chi connectivity index (χ2v) is 5.79. The molecule has 0 amide bonds. The first-order chi connectivity index (χ1) is 8.53. The van der Waals surface area contributed by atoms with E-state index < -0.39 is 5.60 Å². The summed E-state index contributed by atoms with van der Waals surface area (Å²) in [7, 11) is 0. The molecular formula is C13H19N3O2. The van der Waals surface area contributed by atoms with Gasteiger partial charge in [0.15, 0.2) is 0 Å². The summed E-state index contributed by atoms with van der Waals surface area (Å²) in [5.41, 5.74) is -0.769. The van der Waals surface area contributed by atoms with E-state index >= 15 is 0 Å². The normalized spacial score (nSPS) is 28.4. The summed E-state index contributed by atoms with van der Waals surface area (Å²) >= 11 is 0. The van der Waals surface area contributed by atoms with Crippen LogP contribution in [0.2, 0.25) is 0 Å². The first kappa shape index (κ1) is 11.7. The van der Waals surface area contributed by atoms with Crippen molar-refractivity contribution in [1.82, 2.24) is 9.97 Å². The number of nitrogens with one attached hydrogen (secondary N) is 1. The first-order valence-corrected chi connectivity index (χ1v) is 6.62. The van der Waals surface area contributed by atoms with Gasteiger partial charge in [-0.25, -0.2) is 4.98 Å². The van der Waals surface area contributed by atoms with Crippen LogP contribution in [-0.2, 0) is 0 Å². The van der Waals surface area contributed by atoms with Gasteiger partial charge in [0.25, 0.3) is 5.56 Å². The monoisotopic (exact) mass is 249 g/mol. The molecule has 2 fully saturated rings. The molecule has 0 radical (unpaired) electrons. The number of hydrogen-bond donors (Lipinski definition) is 2. The molecule has 5 nitrogen and oxygen atoms in total. The molecule has 18 heavy (non-hydrogen) atoms. The van der Waals surface area contributed by atoms with E-state index in [1.54, 1.807) is 0 Å². The van der Waals surface area contributed by atoms with Gasteiger partial charge < -0.3 is 15.0 Å². The molecule has 98 valence electrons. The van der Waals surface area contributed by atoms with Gasteiger partial charge in [0, 0.05) is 25.1 Å². The molecule has 0 aromatic carbocycles. The maximum absolute atomic E-state index is 11.7. The Labute approximate surface area is 106 Å². The summed E-state index contributed by atoms with van der Waals surface area (Å²) in [6.07, 6.45) is 3.97. The molecule has 1 aliphatic carbocycles. The molecular weight excluding hydrogens is 230 g/mol. The van der Waals surface area contributed by atoms with E-state index in [1.807, 2.05) is 11.8 Å². The molecule has 0 spiro atoms. The molecule has 3 rings (SSSR count). The number of aliphatic hydroxyl groups is 1. The third-order valence-corrected chi connectivity index (χ3v) is 3.71. The van der Waals surface area contributed by atoms with Crippen LogP contribution in [-0.4, -0.2) is 33.8 Å². The average molecular weight is 249 g/mol. The molecule has 1 saturated carbocycles.